The van der Waals surface area contributed by atoms with Crippen LogP contribution in [0.15, 0.2) is 18.2 Å². The first-order chi connectivity index (χ1) is 13.0. The standard InChI is InChI=1S/C20H21F2N3O2/c21-12-3-4-16(15(22)9-12)25-18-13-7-11(13)8-14(18)17(24-25)19(27)23-20(10-26)5-1-2-6-20/h3-4,9,11,13,26H,1-2,5-8,10H2,(H,23,27)/t11-,13-/m1/s1. The molecule has 0 unspecified atom stereocenters. The molecule has 3 aliphatic rings. The van der Waals surface area contributed by atoms with Gasteiger partial charge in [0.05, 0.1) is 17.8 Å². The molecule has 2 saturated carbocycles. The van der Waals surface area contributed by atoms with Crippen LogP contribution in [0.2, 0.25) is 0 Å². The SMILES string of the molecule is O=C(NC1(CO)CCCC1)c1nn(-c2ccc(F)cc2F)c2c1C[C@H]1C[C@@H]21. The third-order valence-corrected chi connectivity index (χ3v) is 6.36. The average molecular weight is 373 g/mol. The fraction of sp³-hybridized carbons (Fsp3) is 0.500. The van der Waals surface area contributed by atoms with Gasteiger partial charge in [-0.15, -0.1) is 0 Å². The van der Waals surface area contributed by atoms with Gasteiger partial charge in [-0.2, -0.15) is 5.10 Å². The fourth-order valence-corrected chi connectivity index (χ4v) is 4.81. The number of nitrogens with zero attached hydrogens (tertiary/aromatic N) is 2. The summed E-state index contributed by atoms with van der Waals surface area (Å²) in [6, 6.07) is 3.40. The van der Waals surface area contributed by atoms with Gasteiger partial charge in [-0.05, 0) is 43.7 Å². The second-order valence-corrected chi connectivity index (χ2v) is 8.13. The molecule has 0 radical (unpaired) electrons. The molecule has 1 aromatic carbocycles. The summed E-state index contributed by atoms with van der Waals surface area (Å²) in [6.45, 7) is -0.0977. The molecule has 2 N–H and O–H groups in total. The number of aliphatic hydroxyl groups excluding tert-OH is 1. The molecule has 0 aliphatic heterocycles. The Kier molecular flexibility index (Phi) is 3.66. The van der Waals surface area contributed by atoms with Gasteiger partial charge in [0.1, 0.15) is 11.5 Å². The van der Waals surface area contributed by atoms with Gasteiger partial charge in [0.25, 0.3) is 5.91 Å². The van der Waals surface area contributed by atoms with Gasteiger partial charge in [0, 0.05) is 17.5 Å². The van der Waals surface area contributed by atoms with Crippen LogP contribution in [0.3, 0.4) is 0 Å². The summed E-state index contributed by atoms with van der Waals surface area (Å²) < 4.78 is 29.2. The van der Waals surface area contributed by atoms with Gasteiger partial charge < -0.3 is 10.4 Å². The number of rotatable bonds is 4. The number of halogens is 2. The Labute approximate surface area is 155 Å². The number of nitrogens with one attached hydrogen (secondary N) is 1. The minimum Gasteiger partial charge on any atom is -0.394 e. The number of aliphatic hydroxyl groups is 1. The van der Waals surface area contributed by atoms with E-state index < -0.39 is 17.2 Å². The van der Waals surface area contributed by atoms with Crippen LogP contribution in [0.25, 0.3) is 5.69 Å². The molecule has 2 atom stereocenters. The Morgan fingerprint density at radius 2 is 2.11 bits per heavy atom. The molecule has 1 amide bonds. The van der Waals surface area contributed by atoms with E-state index in [-0.39, 0.29) is 24.1 Å². The molecule has 142 valence electrons. The molecule has 0 spiro atoms. The van der Waals surface area contributed by atoms with Crippen molar-refractivity contribution in [2.75, 3.05) is 6.61 Å². The maximum atomic E-state index is 14.4. The first kappa shape index (κ1) is 16.9. The second-order valence-electron chi connectivity index (χ2n) is 8.13. The van der Waals surface area contributed by atoms with Gasteiger partial charge in [-0.25, -0.2) is 13.5 Å². The fourth-order valence-electron chi connectivity index (χ4n) is 4.81. The Balaban J connectivity index is 1.55. The third-order valence-electron chi connectivity index (χ3n) is 6.36. The molecule has 1 heterocycles. The maximum absolute atomic E-state index is 14.4. The van der Waals surface area contributed by atoms with Crippen molar-refractivity contribution in [3.63, 3.8) is 0 Å². The minimum absolute atomic E-state index is 0.0977. The van der Waals surface area contributed by atoms with E-state index in [0.717, 1.165) is 55.8 Å². The van der Waals surface area contributed by atoms with Crippen LogP contribution in [0.1, 0.15) is 59.8 Å². The minimum atomic E-state index is -0.695. The largest absolute Gasteiger partial charge is 0.394 e. The van der Waals surface area contributed by atoms with Crippen LogP contribution in [0, 0.1) is 17.6 Å². The molecule has 5 nitrogen and oxygen atoms in total. The Bertz CT molecular complexity index is 934. The van der Waals surface area contributed by atoms with E-state index in [1.807, 2.05) is 0 Å². The lowest BCUT2D eigenvalue weighted by Crippen LogP contribution is -2.49. The Morgan fingerprint density at radius 1 is 1.33 bits per heavy atom. The highest BCUT2D eigenvalue weighted by Gasteiger charge is 2.50. The summed E-state index contributed by atoms with van der Waals surface area (Å²) in [6.07, 6.45) is 5.21. The van der Waals surface area contributed by atoms with Crippen molar-refractivity contribution in [2.24, 2.45) is 5.92 Å². The molecular weight excluding hydrogens is 352 g/mol. The van der Waals surface area contributed by atoms with Gasteiger partial charge in [0.15, 0.2) is 11.5 Å². The van der Waals surface area contributed by atoms with Crippen LogP contribution in [0.5, 0.6) is 0 Å². The quantitative estimate of drug-likeness (QED) is 0.866. The lowest BCUT2D eigenvalue weighted by Gasteiger charge is -2.27. The van der Waals surface area contributed by atoms with Crippen molar-refractivity contribution in [2.45, 2.75) is 50.0 Å². The van der Waals surface area contributed by atoms with Crippen molar-refractivity contribution in [3.8, 4) is 5.69 Å². The number of carbonyl (C=O) groups is 1. The third kappa shape index (κ3) is 2.59. The van der Waals surface area contributed by atoms with E-state index in [0.29, 0.717) is 11.6 Å². The molecule has 2 aromatic rings. The average Bonchev–Trinajstić information content (AvgIpc) is 3.00. The summed E-state index contributed by atoms with van der Waals surface area (Å²) in [5.41, 5.74) is 1.62. The van der Waals surface area contributed by atoms with Crippen LogP contribution in [-0.4, -0.2) is 32.9 Å². The first-order valence-corrected chi connectivity index (χ1v) is 9.52. The number of aromatic nitrogens is 2. The second kappa shape index (κ2) is 5.86. The van der Waals surface area contributed by atoms with Crippen LogP contribution >= 0.6 is 0 Å². The number of hydrogen-bond acceptors (Lipinski definition) is 3. The van der Waals surface area contributed by atoms with E-state index in [4.69, 9.17) is 0 Å². The maximum Gasteiger partial charge on any atom is 0.272 e. The molecule has 7 heteroatoms. The topological polar surface area (TPSA) is 67.2 Å². The van der Waals surface area contributed by atoms with E-state index in [9.17, 15) is 18.7 Å². The van der Waals surface area contributed by atoms with Crippen LogP contribution in [0.4, 0.5) is 8.78 Å². The zero-order valence-electron chi connectivity index (χ0n) is 14.8. The summed E-state index contributed by atoms with van der Waals surface area (Å²) in [4.78, 5) is 13.0. The van der Waals surface area contributed by atoms with Crippen LogP contribution in [-0.2, 0) is 6.42 Å². The number of hydrogen-bond donors (Lipinski definition) is 2. The molecule has 1 aromatic heterocycles. The van der Waals surface area contributed by atoms with Gasteiger partial charge in [-0.3, -0.25) is 4.79 Å². The predicted octanol–water partition coefficient (Wildman–Crippen LogP) is 2.85. The predicted molar refractivity (Wildman–Crippen MR) is 93.8 cm³/mol. The number of carbonyl (C=O) groups excluding carboxylic acids is 1. The molecule has 3 aliphatic carbocycles. The molecule has 0 bridgehead atoms. The van der Waals surface area contributed by atoms with Crippen molar-refractivity contribution >= 4 is 5.91 Å². The summed E-state index contributed by atoms with van der Waals surface area (Å²) >= 11 is 0. The van der Waals surface area contributed by atoms with Crippen molar-refractivity contribution in [1.82, 2.24) is 15.1 Å². The normalized spacial score (nSPS) is 24.6. The Morgan fingerprint density at radius 3 is 2.81 bits per heavy atom. The van der Waals surface area contributed by atoms with E-state index >= 15 is 0 Å². The van der Waals surface area contributed by atoms with E-state index in [2.05, 4.69) is 10.4 Å². The molecule has 2 fully saturated rings. The lowest BCUT2D eigenvalue weighted by atomic mass is 9.98. The first-order valence-electron chi connectivity index (χ1n) is 9.52. The molecule has 0 saturated heterocycles. The molecule has 27 heavy (non-hydrogen) atoms. The summed E-state index contributed by atoms with van der Waals surface area (Å²) in [5, 5.41) is 17.2. The summed E-state index contributed by atoms with van der Waals surface area (Å²) in [5.74, 6) is -0.883. The lowest BCUT2D eigenvalue weighted by molar-refractivity contribution is 0.0832. The zero-order chi connectivity index (χ0) is 18.8. The molecular formula is C20H21F2N3O2. The van der Waals surface area contributed by atoms with Crippen LogP contribution < -0.4 is 5.32 Å². The van der Waals surface area contributed by atoms with Gasteiger partial charge in [-0.1, -0.05) is 12.8 Å². The van der Waals surface area contributed by atoms with Crippen molar-refractivity contribution < 1.29 is 18.7 Å². The number of fused-ring (bicyclic) bond motifs is 3. The van der Waals surface area contributed by atoms with E-state index in [1.165, 1.54) is 16.8 Å². The van der Waals surface area contributed by atoms with Crippen molar-refractivity contribution in [1.29, 1.82) is 0 Å². The van der Waals surface area contributed by atoms with Gasteiger partial charge in [0.2, 0.25) is 0 Å². The van der Waals surface area contributed by atoms with Crippen molar-refractivity contribution in [3.05, 3.63) is 46.8 Å². The highest BCUT2D eigenvalue weighted by Crippen LogP contribution is 2.57. The van der Waals surface area contributed by atoms with E-state index in [1.54, 1.807) is 0 Å². The van der Waals surface area contributed by atoms with Gasteiger partial charge >= 0.3 is 0 Å². The zero-order valence-corrected chi connectivity index (χ0v) is 14.8. The number of benzene rings is 1. The summed E-state index contributed by atoms with van der Waals surface area (Å²) in [7, 11) is 0. The smallest absolute Gasteiger partial charge is 0.272 e. The molecule has 5 rings (SSSR count). The highest BCUT2D eigenvalue weighted by molar-refractivity contribution is 5.95. The monoisotopic (exact) mass is 373 g/mol. The Hall–Kier alpha value is -2.28. The number of amides is 1. The highest BCUT2D eigenvalue weighted by atomic mass is 19.1.